The van der Waals surface area contributed by atoms with Crippen molar-refractivity contribution in [3.8, 4) is 5.88 Å². The molecule has 0 radical (unpaired) electrons. The second-order valence-electron chi connectivity index (χ2n) is 4.35. The van der Waals surface area contributed by atoms with Crippen molar-refractivity contribution in [3.63, 3.8) is 0 Å². The molecular weight excluding hydrogens is 252 g/mol. The van der Waals surface area contributed by atoms with E-state index in [0.717, 1.165) is 6.20 Å². The summed E-state index contributed by atoms with van der Waals surface area (Å²) in [4.78, 5) is 19.9. The van der Waals surface area contributed by atoms with Crippen molar-refractivity contribution in [3.05, 3.63) is 16.3 Å². The zero-order valence-electron chi connectivity index (χ0n) is 10.6. The van der Waals surface area contributed by atoms with Crippen LogP contribution in [-0.4, -0.2) is 46.0 Å². The molecule has 1 aliphatic rings. The molecule has 1 saturated carbocycles. The first kappa shape index (κ1) is 13.4. The summed E-state index contributed by atoms with van der Waals surface area (Å²) in [6.07, 6.45) is 3.47. The van der Waals surface area contributed by atoms with Gasteiger partial charge in [-0.2, -0.15) is 4.98 Å². The highest BCUT2D eigenvalue weighted by Gasteiger charge is 2.26. The number of nitrogens with two attached hydrogens (primary N) is 1. The molecule has 9 heteroatoms. The van der Waals surface area contributed by atoms with Gasteiger partial charge in [-0.05, 0) is 19.9 Å². The Bertz CT molecular complexity index is 465. The van der Waals surface area contributed by atoms with Gasteiger partial charge in [0, 0.05) is 12.6 Å². The van der Waals surface area contributed by atoms with Crippen LogP contribution in [-0.2, 0) is 0 Å². The van der Waals surface area contributed by atoms with Gasteiger partial charge in [0.05, 0.1) is 4.92 Å². The molecular formula is C10H16N6O3. The lowest BCUT2D eigenvalue weighted by molar-refractivity contribution is -0.386. The topological polar surface area (TPSA) is 119 Å². The molecule has 0 amide bonds. The van der Waals surface area contributed by atoms with Gasteiger partial charge in [-0.3, -0.25) is 15.5 Å². The van der Waals surface area contributed by atoms with Crippen LogP contribution < -0.4 is 16.0 Å². The van der Waals surface area contributed by atoms with Gasteiger partial charge < -0.3 is 9.64 Å². The number of nitrogens with one attached hydrogen (secondary N) is 1. The Morgan fingerprint density at radius 3 is 3.00 bits per heavy atom. The van der Waals surface area contributed by atoms with E-state index >= 15 is 0 Å². The number of nitro groups is 1. The maximum Gasteiger partial charge on any atom is 0.349 e. The zero-order chi connectivity index (χ0) is 13.8. The molecule has 0 spiro atoms. The van der Waals surface area contributed by atoms with Crippen LogP contribution in [0.25, 0.3) is 0 Å². The molecule has 2 rings (SSSR count). The van der Waals surface area contributed by atoms with Crippen LogP contribution in [0.2, 0.25) is 0 Å². The van der Waals surface area contributed by atoms with E-state index in [2.05, 4.69) is 20.3 Å². The first-order chi connectivity index (χ1) is 9.11. The number of hydrogen-bond donors (Lipinski definition) is 2. The highest BCUT2D eigenvalue weighted by molar-refractivity contribution is 5.42. The summed E-state index contributed by atoms with van der Waals surface area (Å²) in [5, 5.41) is 10.8. The molecule has 1 heterocycles. The van der Waals surface area contributed by atoms with E-state index in [1.54, 1.807) is 0 Å². The van der Waals surface area contributed by atoms with Crippen LogP contribution in [0.5, 0.6) is 5.88 Å². The van der Waals surface area contributed by atoms with Gasteiger partial charge in [0.15, 0.2) is 0 Å². The fraction of sp³-hybridized carbons (Fsp3) is 0.600. The summed E-state index contributed by atoms with van der Waals surface area (Å²) >= 11 is 0. The zero-order valence-corrected chi connectivity index (χ0v) is 10.6. The van der Waals surface area contributed by atoms with Crippen LogP contribution in [0.3, 0.4) is 0 Å². The van der Waals surface area contributed by atoms with Crippen molar-refractivity contribution >= 4 is 11.6 Å². The summed E-state index contributed by atoms with van der Waals surface area (Å²) < 4.78 is 5.36. The monoisotopic (exact) mass is 268 g/mol. The van der Waals surface area contributed by atoms with Gasteiger partial charge in [0.1, 0.15) is 12.8 Å². The Kier molecular flexibility index (Phi) is 4.07. The summed E-state index contributed by atoms with van der Waals surface area (Å²) in [6.45, 7) is 1.02. The number of aromatic nitrogens is 2. The van der Waals surface area contributed by atoms with Crippen LogP contribution in [0, 0.1) is 10.1 Å². The second-order valence-corrected chi connectivity index (χ2v) is 4.35. The number of anilines is 1. The van der Waals surface area contributed by atoms with Crippen LogP contribution >= 0.6 is 0 Å². The third-order valence-corrected chi connectivity index (χ3v) is 2.91. The number of nitrogen functional groups attached to an aromatic ring is 1. The predicted octanol–water partition coefficient (Wildman–Crippen LogP) is 0.143. The summed E-state index contributed by atoms with van der Waals surface area (Å²) in [5.74, 6) is 5.17. The van der Waals surface area contributed by atoms with E-state index in [1.165, 1.54) is 12.8 Å². The lowest BCUT2D eigenvalue weighted by atomic mass is 10.5. The molecule has 0 unspecified atom stereocenters. The van der Waals surface area contributed by atoms with Crippen molar-refractivity contribution in [1.82, 2.24) is 14.9 Å². The Morgan fingerprint density at radius 2 is 2.42 bits per heavy atom. The number of likely N-dealkylation sites (N-methyl/N-ethyl adjacent to an activating group) is 1. The van der Waals surface area contributed by atoms with Gasteiger partial charge in [-0.15, -0.1) is 0 Å². The predicted molar refractivity (Wildman–Crippen MR) is 67.6 cm³/mol. The first-order valence-corrected chi connectivity index (χ1v) is 5.93. The van der Waals surface area contributed by atoms with Crippen molar-refractivity contribution in [2.24, 2.45) is 5.84 Å². The maximum atomic E-state index is 10.8. The highest BCUT2D eigenvalue weighted by Crippen LogP contribution is 2.26. The summed E-state index contributed by atoms with van der Waals surface area (Å²) in [7, 11) is 2.00. The Morgan fingerprint density at radius 1 is 1.68 bits per heavy atom. The average molecular weight is 268 g/mol. The third kappa shape index (κ3) is 3.48. The molecule has 1 aliphatic carbocycles. The number of rotatable bonds is 7. The number of hydrogen-bond acceptors (Lipinski definition) is 8. The summed E-state index contributed by atoms with van der Waals surface area (Å²) in [6, 6.07) is 0.616. The van der Waals surface area contributed by atoms with Crippen LogP contribution in [0.15, 0.2) is 6.20 Å². The second kappa shape index (κ2) is 5.76. The van der Waals surface area contributed by atoms with Gasteiger partial charge in [-0.1, -0.05) is 0 Å². The normalized spacial score (nSPS) is 14.5. The van der Waals surface area contributed by atoms with Crippen LogP contribution in [0.1, 0.15) is 12.8 Å². The van der Waals surface area contributed by atoms with Gasteiger partial charge >= 0.3 is 5.69 Å². The van der Waals surface area contributed by atoms with Gasteiger partial charge in [0.2, 0.25) is 5.95 Å². The molecule has 104 valence electrons. The largest absolute Gasteiger partial charge is 0.471 e. The first-order valence-electron chi connectivity index (χ1n) is 5.93. The minimum Gasteiger partial charge on any atom is -0.471 e. The van der Waals surface area contributed by atoms with Crippen molar-refractivity contribution in [2.45, 2.75) is 18.9 Å². The molecule has 1 aromatic heterocycles. The molecule has 1 fully saturated rings. The van der Waals surface area contributed by atoms with Crippen molar-refractivity contribution in [1.29, 1.82) is 0 Å². The fourth-order valence-electron chi connectivity index (χ4n) is 1.65. The standard InChI is InChI=1S/C10H16N6O3/c1-15(7-2-3-7)4-5-19-9-8(16(17)18)6-12-10(13-9)14-11/h6-7H,2-5,11H2,1H3,(H,12,13,14). The fourth-order valence-corrected chi connectivity index (χ4v) is 1.65. The van der Waals surface area contributed by atoms with E-state index in [9.17, 15) is 10.1 Å². The lowest BCUT2D eigenvalue weighted by Gasteiger charge is -2.15. The number of hydrazine groups is 1. The van der Waals surface area contributed by atoms with E-state index in [-0.39, 0.29) is 17.5 Å². The quantitative estimate of drug-likeness (QED) is 0.407. The maximum absolute atomic E-state index is 10.8. The molecule has 1 aromatic rings. The van der Waals surface area contributed by atoms with Crippen LogP contribution in [0.4, 0.5) is 11.6 Å². The molecule has 0 atom stereocenters. The molecule has 3 N–H and O–H groups in total. The Labute approximate surface area is 109 Å². The third-order valence-electron chi connectivity index (χ3n) is 2.91. The molecule has 0 saturated heterocycles. The van der Waals surface area contributed by atoms with E-state index < -0.39 is 4.92 Å². The lowest BCUT2D eigenvalue weighted by Crippen LogP contribution is -2.26. The smallest absolute Gasteiger partial charge is 0.349 e. The van der Waals surface area contributed by atoms with Gasteiger partial charge in [0.25, 0.3) is 5.88 Å². The van der Waals surface area contributed by atoms with E-state index in [0.29, 0.717) is 19.2 Å². The number of nitrogens with zero attached hydrogens (tertiary/aromatic N) is 4. The Hall–Kier alpha value is -2.00. The molecule has 19 heavy (non-hydrogen) atoms. The minimum atomic E-state index is -0.583. The minimum absolute atomic E-state index is 0.0721. The highest BCUT2D eigenvalue weighted by atomic mass is 16.6. The SMILES string of the molecule is CN(CCOc1nc(NN)ncc1[N+](=O)[O-])C1CC1. The van der Waals surface area contributed by atoms with E-state index in [1.807, 2.05) is 7.05 Å². The van der Waals surface area contributed by atoms with E-state index in [4.69, 9.17) is 10.6 Å². The molecule has 9 nitrogen and oxygen atoms in total. The van der Waals surface area contributed by atoms with Crippen molar-refractivity contribution in [2.75, 3.05) is 25.6 Å². The molecule has 0 aliphatic heterocycles. The summed E-state index contributed by atoms with van der Waals surface area (Å²) in [5.41, 5.74) is 1.96. The van der Waals surface area contributed by atoms with Gasteiger partial charge in [-0.25, -0.2) is 10.8 Å². The Balaban J connectivity index is 1.98. The molecule has 0 bridgehead atoms. The van der Waals surface area contributed by atoms with Crippen molar-refractivity contribution < 1.29 is 9.66 Å². The number of ether oxygens (including phenoxy) is 1. The molecule has 0 aromatic carbocycles. The average Bonchev–Trinajstić information content (AvgIpc) is 3.22.